The molecule has 1 N–H and O–H groups in total. The molecule has 2 saturated heterocycles. The van der Waals surface area contributed by atoms with Crippen LogP contribution in [0.3, 0.4) is 0 Å². The molecule has 0 amide bonds. The van der Waals surface area contributed by atoms with Gasteiger partial charge in [-0.1, -0.05) is 13.8 Å². The number of guanidine groups is 1. The first-order chi connectivity index (χ1) is 11.9. The van der Waals surface area contributed by atoms with Gasteiger partial charge in [0.1, 0.15) is 0 Å². The van der Waals surface area contributed by atoms with Gasteiger partial charge in [0.25, 0.3) is 0 Å². The molecule has 1 aliphatic carbocycles. The number of nitrogens with one attached hydrogen (secondary N) is 1. The maximum Gasteiger partial charge on any atom is 0.193 e. The van der Waals surface area contributed by atoms with E-state index in [0.717, 1.165) is 57.7 Å². The quantitative estimate of drug-likeness (QED) is 0.613. The zero-order chi connectivity index (χ0) is 18.1. The Morgan fingerprint density at radius 3 is 2.56 bits per heavy atom. The van der Waals surface area contributed by atoms with Crippen molar-refractivity contribution in [2.45, 2.75) is 45.3 Å². The second-order valence-corrected chi connectivity index (χ2v) is 8.62. The van der Waals surface area contributed by atoms with Gasteiger partial charge in [-0.15, -0.1) is 0 Å². The Labute approximate surface area is 152 Å². The van der Waals surface area contributed by atoms with Gasteiger partial charge in [-0.25, -0.2) is 0 Å². The van der Waals surface area contributed by atoms with Crippen molar-refractivity contribution in [2.24, 2.45) is 16.3 Å². The lowest BCUT2D eigenvalue weighted by Crippen LogP contribution is -2.69. The summed E-state index contributed by atoms with van der Waals surface area (Å²) in [4.78, 5) is 9.55. The number of ether oxygens (including phenoxy) is 2. The molecule has 3 unspecified atom stereocenters. The molecule has 0 aromatic rings. The predicted octanol–water partition coefficient (Wildman–Crippen LogP) is 1.42. The third kappa shape index (κ3) is 3.67. The molecule has 3 rings (SSSR count). The minimum atomic E-state index is -0.0482. The number of methoxy groups -OCH3 is 1. The highest BCUT2D eigenvalue weighted by Crippen LogP contribution is 2.51. The Balaban J connectivity index is 1.51. The molecular weight excluding hydrogens is 316 g/mol. The summed E-state index contributed by atoms with van der Waals surface area (Å²) in [5.41, 5.74) is 0.0536. The van der Waals surface area contributed by atoms with Gasteiger partial charge in [0.2, 0.25) is 0 Å². The number of rotatable bonds is 4. The molecule has 3 aliphatic rings. The summed E-state index contributed by atoms with van der Waals surface area (Å²) in [7, 11) is 3.72. The Bertz CT molecular complexity index is 490. The average molecular weight is 353 g/mol. The van der Waals surface area contributed by atoms with Crippen LogP contribution in [0.2, 0.25) is 0 Å². The molecule has 6 heteroatoms. The van der Waals surface area contributed by atoms with E-state index >= 15 is 0 Å². The molecule has 3 fully saturated rings. The highest BCUT2D eigenvalue weighted by molar-refractivity contribution is 5.80. The average Bonchev–Trinajstić information content (AvgIpc) is 3.07. The summed E-state index contributed by atoms with van der Waals surface area (Å²) in [6.45, 7) is 14.1. The summed E-state index contributed by atoms with van der Waals surface area (Å²) in [6.07, 6.45) is 2.28. The molecule has 0 spiro atoms. The van der Waals surface area contributed by atoms with Crippen LogP contribution in [0.5, 0.6) is 0 Å². The van der Waals surface area contributed by atoms with Crippen LogP contribution in [0, 0.1) is 11.3 Å². The topological polar surface area (TPSA) is 49.3 Å². The van der Waals surface area contributed by atoms with Crippen LogP contribution in [-0.4, -0.2) is 87.5 Å². The Morgan fingerprint density at radius 2 is 1.96 bits per heavy atom. The number of hydrogen-bond donors (Lipinski definition) is 1. The minimum Gasteiger partial charge on any atom is -0.379 e. The van der Waals surface area contributed by atoms with Gasteiger partial charge < -0.3 is 19.7 Å². The SMILES string of the molecule is CN=C(NC1CC(C)(OC)C1(C)C)N1CCC(CN2CCOCC2)C1. The second kappa shape index (κ2) is 7.41. The third-order valence-corrected chi connectivity index (χ3v) is 7.00. The third-order valence-electron chi connectivity index (χ3n) is 7.00. The normalized spacial score (nSPS) is 36.4. The fourth-order valence-corrected chi connectivity index (χ4v) is 4.50. The molecule has 0 aromatic heterocycles. The molecule has 25 heavy (non-hydrogen) atoms. The fraction of sp³-hybridized carbons (Fsp3) is 0.947. The van der Waals surface area contributed by atoms with E-state index in [9.17, 15) is 0 Å². The van der Waals surface area contributed by atoms with Gasteiger partial charge in [0.05, 0.1) is 18.8 Å². The monoisotopic (exact) mass is 352 g/mol. The largest absolute Gasteiger partial charge is 0.379 e. The zero-order valence-electron chi connectivity index (χ0n) is 16.7. The van der Waals surface area contributed by atoms with E-state index in [4.69, 9.17) is 9.47 Å². The maximum absolute atomic E-state index is 5.75. The van der Waals surface area contributed by atoms with Crippen LogP contribution in [0.4, 0.5) is 0 Å². The van der Waals surface area contributed by atoms with Crippen LogP contribution in [0.15, 0.2) is 4.99 Å². The smallest absolute Gasteiger partial charge is 0.193 e. The number of morpholine rings is 1. The molecule has 1 saturated carbocycles. The Hall–Kier alpha value is -0.850. The van der Waals surface area contributed by atoms with Gasteiger partial charge in [-0.05, 0) is 25.7 Å². The van der Waals surface area contributed by atoms with Crippen molar-refractivity contribution in [1.82, 2.24) is 15.1 Å². The Morgan fingerprint density at radius 1 is 1.24 bits per heavy atom. The van der Waals surface area contributed by atoms with Crippen molar-refractivity contribution < 1.29 is 9.47 Å². The first kappa shape index (κ1) is 18.9. The molecule has 0 bridgehead atoms. The summed E-state index contributed by atoms with van der Waals surface area (Å²) in [6, 6.07) is 0.412. The standard InChI is InChI=1S/C19H36N4O2/c1-18(2)16(12-19(18,3)24-5)21-17(20-4)23-7-6-15(14-23)13-22-8-10-25-11-9-22/h15-16H,6-14H2,1-5H3,(H,20,21). The summed E-state index contributed by atoms with van der Waals surface area (Å²) in [5, 5.41) is 3.71. The van der Waals surface area contributed by atoms with E-state index in [0.29, 0.717) is 6.04 Å². The van der Waals surface area contributed by atoms with E-state index in [-0.39, 0.29) is 11.0 Å². The van der Waals surface area contributed by atoms with Crippen molar-refractivity contribution in [2.75, 3.05) is 60.1 Å². The van der Waals surface area contributed by atoms with Crippen LogP contribution in [-0.2, 0) is 9.47 Å². The van der Waals surface area contributed by atoms with E-state index in [1.807, 2.05) is 14.2 Å². The highest BCUT2D eigenvalue weighted by atomic mass is 16.5. The van der Waals surface area contributed by atoms with Gasteiger partial charge in [0.15, 0.2) is 5.96 Å². The Kier molecular flexibility index (Phi) is 5.61. The van der Waals surface area contributed by atoms with Gasteiger partial charge >= 0.3 is 0 Å². The van der Waals surface area contributed by atoms with E-state index in [2.05, 4.69) is 40.9 Å². The summed E-state index contributed by atoms with van der Waals surface area (Å²) < 4.78 is 11.2. The summed E-state index contributed by atoms with van der Waals surface area (Å²) >= 11 is 0. The van der Waals surface area contributed by atoms with Crippen molar-refractivity contribution in [1.29, 1.82) is 0 Å². The first-order valence-corrected chi connectivity index (χ1v) is 9.73. The second-order valence-electron chi connectivity index (χ2n) is 8.62. The van der Waals surface area contributed by atoms with Crippen LogP contribution < -0.4 is 5.32 Å². The number of likely N-dealkylation sites (tertiary alicyclic amines) is 1. The lowest BCUT2D eigenvalue weighted by molar-refractivity contribution is -0.176. The maximum atomic E-state index is 5.75. The first-order valence-electron chi connectivity index (χ1n) is 9.73. The molecular formula is C19H36N4O2. The molecule has 144 valence electrons. The number of aliphatic imine (C=N–C) groups is 1. The van der Waals surface area contributed by atoms with Crippen molar-refractivity contribution in [3.8, 4) is 0 Å². The number of hydrogen-bond acceptors (Lipinski definition) is 4. The predicted molar refractivity (Wildman–Crippen MR) is 101 cm³/mol. The highest BCUT2D eigenvalue weighted by Gasteiger charge is 2.58. The summed E-state index contributed by atoms with van der Waals surface area (Å²) in [5.74, 6) is 1.79. The molecule has 3 atom stereocenters. The molecule has 2 heterocycles. The van der Waals surface area contributed by atoms with E-state index in [1.54, 1.807) is 0 Å². The molecule has 0 radical (unpaired) electrons. The number of nitrogens with zero attached hydrogens (tertiary/aromatic N) is 3. The molecule has 0 aromatic carbocycles. The van der Waals surface area contributed by atoms with Gasteiger partial charge in [0, 0.05) is 58.3 Å². The van der Waals surface area contributed by atoms with Crippen molar-refractivity contribution >= 4 is 5.96 Å². The lowest BCUT2D eigenvalue weighted by Gasteiger charge is -2.59. The zero-order valence-corrected chi connectivity index (χ0v) is 16.7. The van der Waals surface area contributed by atoms with E-state index in [1.165, 1.54) is 13.0 Å². The van der Waals surface area contributed by atoms with Crippen LogP contribution in [0.1, 0.15) is 33.6 Å². The van der Waals surface area contributed by atoms with Crippen LogP contribution >= 0.6 is 0 Å². The van der Waals surface area contributed by atoms with Crippen molar-refractivity contribution in [3.05, 3.63) is 0 Å². The lowest BCUT2D eigenvalue weighted by atomic mass is 9.56. The van der Waals surface area contributed by atoms with E-state index < -0.39 is 0 Å². The molecule has 6 nitrogen and oxygen atoms in total. The van der Waals surface area contributed by atoms with Crippen molar-refractivity contribution in [3.63, 3.8) is 0 Å². The van der Waals surface area contributed by atoms with Gasteiger partial charge in [-0.2, -0.15) is 0 Å². The molecule has 2 aliphatic heterocycles. The van der Waals surface area contributed by atoms with Crippen LogP contribution in [0.25, 0.3) is 0 Å². The van der Waals surface area contributed by atoms with Gasteiger partial charge in [-0.3, -0.25) is 9.89 Å². The minimum absolute atomic E-state index is 0.0482. The fourth-order valence-electron chi connectivity index (χ4n) is 4.50.